The van der Waals surface area contributed by atoms with Gasteiger partial charge >= 0.3 is 0 Å². The first-order chi connectivity index (χ1) is 10.1. The molecule has 1 aliphatic heterocycles. The van der Waals surface area contributed by atoms with E-state index in [1.54, 1.807) is 0 Å². The number of hydrogen-bond donors (Lipinski definition) is 3. The monoisotopic (exact) mass is 297 g/mol. The first kappa shape index (κ1) is 16.2. The Hall–Kier alpha value is -1.14. The Kier molecular flexibility index (Phi) is 6.45. The number of carbonyl (C=O) groups is 2. The van der Waals surface area contributed by atoms with Crippen LogP contribution in [0.2, 0.25) is 0 Å². The molecule has 4 N–H and O–H groups in total. The second-order valence-electron chi connectivity index (χ2n) is 6.09. The van der Waals surface area contributed by atoms with Crippen LogP contribution in [0.3, 0.4) is 0 Å². The second kappa shape index (κ2) is 8.34. The molecular weight excluding hydrogens is 270 g/mol. The van der Waals surface area contributed by atoms with Crippen molar-refractivity contribution < 1.29 is 14.3 Å². The fourth-order valence-corrected chi connectivity index (χ4v) is 2.89. The molecule has 0 radical (unpaired) electrons. The summed E-state index contributed by atoms with van der Waals surface area (Å²) in [6.07, 6.45) is 6.47. The molecule has 2 rings (SSSR count). The second-order valence-corrected chi connectivity index (χ2v) is 6.09. The number of nitrogens with two attached hydrogens (primary N) is 1. The Labute approximate surface area is 126 Å². The predicted octanol–water partition coefficient (Wildman–Crippen LogP) is 0.305. The number of hydrogen-bond acceptors (Lipinski definition) is 4. The third-order valence-corrected chi connectivity index (χ3v) is 4.33. The summed E-state index contributed by atoms with van der Waals surface area (Å²) < 4.78 is 5.81. The van der Waals surface area contributed by atoms with E-state index in [4.69, 9.17) is 10.5 Å². The molecule has 21 heavy (non-hydrogen) atoms. The van der Waals surface area contributed by atoms with Crippen molar-refractivity contribution in [3.05, 3.63) is 0 Å². The molecule has 1 aliphatic carbocycles. The van der Waals surface area contributed by atoms with Gasteiger partial charge in [0.25, 0.3) is 0 Å². The molecule has 0 aromatic rings. The maximum atomic E-state index is 11.9. The number of ether oxygens (including phenoxy) is 1. The Morgan fingerprint density at radius 2 is 2.05 bits per heavy atom. The quantitative estimate of drug-likeness (QED) is 0.615. The highest BCUT2D eigenvalue weighted by molar-refractivity contribution is 5.83. The highest BCUT2D eigenvalue weighted by Gasteiger charge is 2.24. The van der Waals surface area contributed by atoms with Crippen molar-refractivity contribution in [3.8, 4) is 0 Å². The first-order valence-electron chi connectivity index (χ1n) is 8.06. The molecule has 2 amide bonds. The Morgan fingerprint density at radius 3 is 2.71 bits per heavy atom. The van der Waals surface area contributed by atoms with Crippen LogP contribution < -0.4 is 16.4 Å². The van der Waals surface area contributed by atoms with Gasteiger partial charge in [-0.25, -0.2) is 0 Å². The van der Waals surface area contributed by atoms with Crippen LogP contribution in [0.25, 0.3) is 0 Å². The summed E-state index contributed by atoms with van der Waals surface area (Å²) in [6.45, 7) is 1.78. The van der Waals surface area contributed by atoms with Crippen molar-refractivity contribution >= 4 is 11.8 Å². The molecule has 0 aromatic heterocycles. The third-order valence-electron chi connectivity index (χ3n) is 4.33. The molecule has 2 fully saturated rings. The van der Waals surface area contributed by atoms with E-state index in [0.717, 1.165) is 32.1 Å². The Balaban J connectivity index is 1.49. The van der Waals surface area contributed by atoms with Gasteiger partial charge in [-0.1, -0.05) is 0 Å². The van der Waals surface area contributed by atoms with Gasteiger partial charge in [-0.15, -0.1) is 0 Å². The summed E-state index contributed by atoms with van der Waals surface area (Å²) in [6, 6.07) is 0.347. The Bertz CT molecular complexity index is 344. The van der Waals surface area contributed by atoms with Gasteiger partial charge in [0.15, 0.2) is 0 Å². The molecular formula is C15H27N3O3. The van der Waals surface area contributed by atoms with Crippen LogP contribution in [0.5, 0.6) is 0 Å². The minimum atomic E-state index is -0.0801. The van der Waals surface area contributed by atoms with Gasteiger partial charge in [-0.05, 0) is 38.5 Å². The summed E-state index contributed by atoms with van der Waals surface area (Å²) >= 11 is 0. The maximum absolute atomic E-state index is 11.9. The number of nitrogens with one attached hydrogen (secondary N) is 2. The van der Waals surface area contributed by atoms with Crippen LogP contribution in [-0.4, -0.2) is 43.7 Å². The summed E-state index contributed by atoms with van der Waals surface area (Å²) in [7, 11) is 0. The highest BCUT2D eigenvalue weighted by atomic mass is 16.5. The fraction of sp³-hybridized carbons (Fsp3) is 0.867. The van der Waals surface area contributed by atoms with Crippen molar-refractivity contribution in [1.29, 1.82) is 0 Å². The molecule has 0 aromatic carbocycles. The lowest BCUT2D eigenvalue weighted by molar-refractivity contribution is -0.128. The topological polar surface area (TPSA) is 93.4 Å². The van der Waals surface area contributed by atoms with E-state index in [9.17, 15) is 9.59 Å². The van der Waals surface area contributed by atoms with E-state index >= 15 is 0 Å². The van der Waals surface area contributed by atoms with E-state index in [2.05, 4.69) is 10.6 Å². The fourth-order valence-electron chi connectivity index (χ4n) is 2.89. The Morgan fingerprint density at radius 1 is 1.29 bits per heavy atom. The van der Waals surface area contributed by atoms with E-state index < -0.39 is 0 Å². The van der Waals surface area contributed by atoms with E-state index in [1.165, 1.54) is 0 Å². The van der Waals surface area contributed by atoms with Crippen molar-refractivity contribution in [1.82, 2.24) is 10.6 Å². The average Bonchev–Trinajstić information content (AvgIpc) is 2.49. The molecule has 6 nitrogen and oxygen atoms in total. The van der Waals surface area contributed by atoms with Crippen molar-refractivity contribution in [2.24, 2.45) is 11.7 Å². The number of rotatable bonds is 6. The van der Waals surface area contributed by atoms with Crippen molar-refractivity contribution in [2.45, 2.75) is 57.1 Å². The van der Waals surface area contributed by atoms with Gasteiger partial charge in [-0.3, -0.25) is 9.59 Å². The zero-order valence-corrected chi connectivity index (χ0v) is 12.6. The molecule has 120 valence electrons. The molecule has 1 saturated heterocycles. The standard InChI is InChI=1S/C15H27N3O3/c16-12-3-5-13(6-4-12)21-9-1-8-17-15(20)11-2-7-14(19)18-10-11/h11-13H,1-10,16H2,(H,17,20)(H,18,19). The maximum Gasteiger partial charge on any atom is 0.224 e. The van der Waals surface area contributed by atoms with Crippen molar-refractivity contribution in [2.75, 3.05) is 19.7 Å². The van der Waals surface area contributed by atoms with Crippen molar-refractivity contribution in [3.63, 3.8) is 0 Å². The van der Waals surface area contributed by atoms with Gasteiger partial charge in [-0.2, -0.15) is 0 Å². The predicted molar refractivity (Wildman–Crippen MR) is 79.5 cm³/mol. The normalized spacial score (nSPS) is 29.8. The minimum absolute atomic E-state index is 0.0404. The molecule has 2 aliphatic rings. The van der Waals surface area contributed by atoms with Gasteiger partial charge in [0, 0.05) is 32.2 Å². The van der Waals surface area contributed by atoms with Gasteiger partial charge < -0.3 is 21.1 Å². The summed E-state index contributed by atoms with van der Waals surface area (Å²) in [5.74, 6) is 0.00161. The van der Waals surface area contributed by atoms with Crippen LogP contribution in [0.1, 0.15) is 44.9 Å². The third kappa shape index (κ3) is 5.63. The lowest BCUT2D eigenvalue weighted by Gasteiger charge is -2.26. The van der Waals surface area contributed by atoms with Crippen LogP contribution >= 0.6 is 0 Å². The summed E-state index contributed by atoms with van der Waals surface area (Å²) in [5, 5.41) is 5.65. The minimum Gasteiger partial charge on any atom is -0.378 e. The largest absolute Gasteiger partial charge is 0.378 e. The van der Waals surface area contributed by atoms with Gasteiger partial charge in [0.2, 0.25) is 11.8 Å². The lowest BCUT2D eigenvalue weighted by Crippen LogP contribution is -2.43. The van der Waals surface area contributed by atoms with Gasteiger partial charge in [0.1, 0.15) is 0 Å². The van der Waals surface area contributed by atoms with Crippen LogP contribution in [0.4, 0.5) is 0 Å². The molecule has 1 saturated carbocycles. The first-order valence-corrected chi connectivity index (χ1v) is 8.06. The number of piperidine rings is 1. The molecule has 0 spiro atoms. The molecule has 0 bridgehead atoms. The van der Waals surface area contributed by atoms with Crippen LogP contribution in [0.15, 0.2) is 0 Å². The molecule has 1 unspecified atom stereocenters. The van der Waals surface area contributed by atoms with Crippen LogP contribution in [-0.2, 0) is 14.3 Å². The number of carbonyl (C=O) groups excluding carboxylic acids is 2. The lowest BCUT2D eigenvalue weighted by atomic mass is 9.94. The smallest absolute Gasteiger partial charge is 0.224 e. The SMILES string of the molecule is NC1CCC(OCCCNC(=O)C2CCC(=O)NC2)CC1. The zero-order chi connectivity index (χ0) is 15.1. The van der Waals surface area contributed by atoms with Gasteiger partial charge in [0.05, 0.1) is 12.0 Å². The number of amides is 2. The molecule has 1 heterocycles. The van der Waals surface area contributed by atoms with E-state index in [-0.39, 0.29) is 17.7 Å². The highest BCUT2D eigenvalue weighted by Crippen LogP contribution is 2.19. The molecule has 1 atom stereocenters. The zero-order valence-electron chi connectivity index (χ0n) is 12.6. The van der Waals surface area contributed by atoms with E-state index in [0.29, 0.717) is 44.7 Å². The average molecular weight is 297 g/mol. The van der Waals surface area contributed by atoms with Crippen LogP contribution in [0, 0.1) is 5.92 Å². The summed E-state index contributed by atoms with van der Waals surface area (Å²) in [5.41, 5.74) is 5.86. The summed E-state index contributed by atoms with van der Waals surface area (Å²) in [4.78, 5) is 22.9. The molecule has 6 heteroatoms. The van der Waals surface area contributed by atoms with E-state index in [1.807, 2.05) is 0 Å².